The maximum Gasteiger partial charge on any atom is 0.417 e. The predicted molar refractivity (Wildman–Crippen MR) is 125 cm³/mol. The molecule has 38 heavy (non-hydrogen) atoms. The predicted octanol–water partition coefficient (Wildman–Crippen LogP) is 5.23. The SMILES string of the molecule is CN(C(=O)C1CC(O)(C(F)(F)F)C1)[C@@H](c1ccc(N2CCCc3c2cnc2cc(Cl)nn32)cc1)C(F)(F)F. The van der Waals surface area contributed by atoms with Crippen molar-refractivity contribution in [3.8, 4) is 0 Å². The Balaban J connectivity index is 1.39. The Bertz CT molecular complexity index is 1370. The molecule has 5 rings (SSSR count). The van der Waals surface area contributed by atoms with E-state index in [1.807, 2.05) is 4.90 Å². The molecule has 14 heteroatoms. The third-order valence-corrected chi connectivity index (χ3v) is 7.41. The lowest BCUT2D eigenvalue weighted by atomic mass is 9.69. The molecule has 0 radical (unpaired) electrons. The second-order valence-electron chi connectivity index (χ2n) is 9.70. The molecule has 2 aliphatic rings. The third-order valence-electron chi connectivity index (χ3n) is 7.23. The number of hydrogen-bond donors (Lipinski definition) is 1. The number of hydrogen-bond acceptors (Lipinski definition) is 5. The van der Waals surface area contributed by atoms with E-state index < -0.39 is 48.7 Å². The van der Waals surface area contributed by atoms with Gasteiger partial charge in [0.2, 0.25) is 5.91 Å². The van der Waals surface area contributed by atoms with E-state index in [0.29, 0.717) is 29.2 Å². The Labute approximate surface area is 217 Å². The van der Waals surface area contributed by atoms with Gasteiger partial charge in [-0.3, -0.25) is 4.79 Å². The molecular weight excluding hydrogens is 540 g/mol. The van der Waals surface area contributed by atoms with E-state index in [9.17, 15) is 36.2 Å². The molecule has 1 amide bonds. The van der Waals surface area contributed by atoms with Crippen LogP contribution in [0, 0.1) is 5.92 Å². The van der Waals surface area contributed by atoms with Gasteiger partial charge in [0, 0.05) is 31.3 Å². The van der Waals surface area contributed by atoms with Crippen LogP contribution in [-0.2, 0) is 11.2 Å². The standard InChI is InChI=1S/C24H22ClF6N5O2/c1-34(21(37)14-10-22(38,11-14)24(29,30)31)20(23(26,27)28)13-4-6-15(7-5-13)35-8-2-3-16-17(35)12-32-19-9-18(25)33-36(16)19/h4-7,9,12,14,20,38H,2-3,8,10-11H2,1H3/t14?,20-,22?/m0/s1. The van der Waals surface area contributed by atoms with Crippen molar-refractivity contribution in [1.29, 1.82) is 0 Å². The van der Waals surface area contributed by atoms with Crippen molar-refractivity contribution in [2.45, 2.75) is 49.7 Å². The molecule has 1 aliphatic carbocycles. The van der Waals surface area contributed by atoms with Crippen molar-refractivity contribution in [2.24, 2.45) is 5.92 Å². The van der Waals surface area contributed by atoms with Crippen molar-refractivity contribution < 1.29 is 36.2 Å². The first-order chi connectivity index (χ1) is 17.7. The van der Waals surface area contributed by atoms with Gasteiger partial charge < -0.3 is 14.9 Å². The quantitative estimate of drug-likeness (QED) is 0.442. The van der Waals surface area contributed by atoms with Crippen LogP contribution in [0.5, 0.6) is 0 Å². The van der Waals surface area contributed by atoms with Crippen LogP contribution in [0.1, 0.15) is 36.6 Å². The van der Waals surface area contributed by atoms with Gasteiger partial charge in [-0.2, -0.15) is 31.4 Å². The lowest BCUT2D eigenvalue weighted by Crippen LogP contribution is -2.59. The Morgan fingerprint density at radius 1 is 1.18 bits per heavy atom. The van der Waals surface area contributed by atoms with E-state index in [-0.39, 0.29) is 10.7 Å². The van der Waals surface area contributed by atoms with Crippen LogP contribution in [0.2, 0.25) is 5.15 Å². The molecule has 0 bridgehead atoms. The zero-order chi connectivity index (χ0) is 27.6. The average molecular weight is 562 g/mol. The van der Waals surface area contributed by atoms with Gasteiger partial charge in [-0.05, 0) is 43.4 Å². The second-order valence-corrected chi connectivity index (χ2v) is 10.1. The molecule has 1 N–H and O–H groups in total. The summed E-state index contributed by atoms with van der Waals surface area (Å²) in [6.45, 7) is 0.583. The van der Waals surface area contributed by atoms with Gasteiger partial charge >= 0.3 is 12.4 Å². The molecule has 3 aromatic rings. The highest BCUT2D eigenvalue weighted by atomic mass is 35.5. The van der Waals surface area contributed by atoms with Crippen LogP contribution in [-0.4, -0.2) is 62.1 Å². The number of nitrogens with zero attached hydrogens (tertiary/aromatic N) is 5. The van der Waals surface area contributed by atoms with Gasteiger partial charge in [0.25, 0.3) is 0 Å². The summed E-state index contributed by atoms with van der Waals surface area (Å²) in [5.41, 5.74) is -0.540. The van der Waals surface area contributed by atoms with Crippen LogP contribution >= 0.6 is 11.6 Å². The number of halogens is 7. The van der Waals surface area contributed by atoms with Crippen molar-refractivity contribution in [1.82, 2.24) is 19.5 Å². The summed E-state index contributed by atoms with van der Waals surface area (Å²) >= 11 is 6.01. The minimum Gasteiger partial charge on any atom is -0.380 e. The molecule has 0 saturated heterocycles. The van der Waals surface area contributed by atoms with Crippen molar-refractivity contribution in [3.63, 3.8) is 0 Å². The number of alkyl halides is 6. The van der Waals surface area contributed by atoms with Gasteiger partial charge in [-0.1, -0.05) is 23.7 Å². The number of benzene rings is 1. The number of fused-ring (bicyclic) bond motifs is 3. The van der Waals surface area contributed by atoms with Crippen LogP contribution in [0.3, 0.4) is 0 Å². The van der Waals surface area contributed by atoms with Crippen LogP contribution in [0.25, 0.3) is 5.65 Å². The van der Waals surface area contributed by atoms with Crippen molar-refractivity contribution >= 4 is 34.5 Å². The highest BCUT2D eigenvalue weighted by molar-refractivity contribution is 6.29. The summed E-state index contributed by atoms with van der Waals surface area (Å²) in [7, 11) is 0.909. The second kappa shape index (κ2) is 9.01. The Morgan fingerprint density at radius 2 is 1.84 bits per heavy atom. The average Bonchev–Trinajstić information content (AvgIpc) is 3.21. The fourth-order valence-electron chi connectivity index (χ4n) is 5.24. The molecule has 2 aromatic heterocycles. The van der Waals surface area contributed by atoms with Crippen molar-refractivity contribution in [3.05, 3.63) is 52.9 Å². The van der Waals surface area contributed by atoms with E-state index in [1.165, 1.54) is 24.3 Å². The Hall–Kier alpha value is -3.06. The lowest BCUT2D eigenvalue weighted by molar-refractivity contribution is -0.297. The van der Waals surface area contributed by atoms with Gasteiger partial charge in [-0.25, -0.2) is 9.50 Å². The first-order valence-electron chi connectivity index (χ1n) is 11.7. The number of carbonyl (C=O) groups excluding carboxylic acids is 1. The van der Waals surface area contributed by atoms with E-state index in [0.717, 1.165) is 24.8 Å². The number of rotatable bonds is 4. The highest BCUT2D eigenvalue weighted by Crippen LogP contribution is 2.50. The summed E-state index contributed by atoms with van der Waals surface area (Å²) in [5, 5.41) is 14.1. The van der Waals surface area contributed by atoms with Crippen molar-refractivity contribution in [2.75, 3.05) is 18.5 Å². The first kappa shape index (κ1) is 26.5. The number of aryl methyl sites for hydroxylation is 1. The molecule has 1 fully saturated rings. The number of aromatic nitrogens is 3. The molecule has 0 unspecified atom stereocenters. The van der Waals surface area contributed by atoms with E-state index >= 15 is 0 Å². The zero-order valence-electron chi connectivity index (χ0n) is 19.9. The first-order valence-corrected chi connectivity index (χ1v) is 12.1. The van der Waals surface area contributed by atoms with Gasteiger partial charge in [0.15, 0.2) is 22.4 Å². The monoisotopic (exact) mass is 561 g/mol. The fourth-order valence-corrected chi connectivity index (χ4v) is 5.42. The zero-order valence-corrected chi connectivity index (χ0v) is 20.6. The molecule has 1 aliphatic heterocycles. The Morgan fingerprint density at radius 3 is 2.45 bits per heavy atom. The molecule has 1 aromatic carbocycles. The maximum atomic E-state index is 14.1. The van der Waals surface area contributed by atoms with E-state index in [4.69, 9.17) is 11.6 Å². The Kier molecular flexibility index (Phi) is 6.29. The summed E-state index contributed by atoms with van der Waals surface area (Å²) < 4.78 is 82.7. The number of carbonyl (C=O) groups is 1. The van der Waals surface area contributed by atoms with E-state index in [1.54, 1.807) is 16.8 Å². The van der Waals surface area contributed by atoms with Gasteiger partial charge in [-0.15, -0.1) is 0 Å². The molecule has 3 heterocycles. The van der Waals surface area contributed by atoms with Gasteiger partial charge in [0.1, 0.15) is 0 Å². The molecule has 0 spiro atoms. The number of aliphatic hydroxyl groups is 1. The highest BCUT2D eigenvalue weighted by Gasteiger charge is 2.63. The van der Waals surface area contributed by atoms with Crippen LogP contribution in [0.4, 0.5) is 37.7 Å². The summed E-state index contributed by atoms with van der Waals surface area (Å²) in [6.07, 6.45) is -8.68. The largest absolute Gasteiger partial charge is 0.417 e. The smallest absolute Gasteiger partial charge is 0.380 e. The van der Waals surface area contributed by atoms with E-state index in [2.05, 4.69) is 10.1 Å². The molecule has 1 atom stereocenters. The molecule has 204 valence electrons. The summed E-state index contributed by atoms with van der Waals surface area (Å²) in [5.74, 6) is -2.47. The van der Waals surface area contributed by atoms with Gasteiger partial charge in [0.05, 0.1) is 17.6 Å². The maximum absolute atomic E-state index is 14.1. The number of amides is 1. The third kappa shape index (κ3) is 4.45. The molecule has 7 nitrogen and oxygen atoms in total. The molecular formula is C24H22ClF6N5O2. The lowest BCUT2D eigenvalue weighted by Gasteiger charge is -2.45. The normalized spacial score (nSPS) is 22.7. The molecule has 1 saturated carbocycles. The van der Waals surface area contributed by atoms with Crippen LogP contribution < -0.4 is 4.90 Å². The minimum atomic E-state index is -4.96. The summed E-state index contributed by atoms with van der Waals surface area (Å²) in [6, 6.07) is 4.73. The van der Waals surface area contributed by atoms with Crippen LogP contribution in [0.15, 0.2) is 36.5 Å². The number of anilines is 2. The minimum absolute atomic E-state index is 0.243. The summed E-state index contributed by atoms with van der Waals surface area (Å²) in [4.78, 5) is 19.3. The topological polar surface area (TPSA) is 74.0 Å². The fraction of sp³-hybridized carbons (Fsp3) is 0.458.